The molecule has 0 aliphatic carbocycles. The van der Waals surface area contributed by atoms with Gasteiger partial charge in [0.2, 0.25) is 6.33 Å². The number of rotatable bonds is 9. The summed E-state index contributed by atoms with van der Waals surface area (Å²) in [7, 11) is 0. The highest BCUT2D eigenvalue weighted by Gasteiger charge is 2.20. The van der Waals surface area contributed by atoms with E-state index in [-0.39, 0.29) is 6.10 Å². The highest BCUT2D eigenvalue weighted by molar-refractivity contribution is 6.35. The maximum absolute atomic E-state index is 6.52. The van der Waals surface area contributed by atoms with Crippen molar-refractivity contribution < 1.29 is 9.30 Å². The van der Waals surface area contributed by atoms with Gasteiger partial charge in [0.25, 0.3) is 0 Å². The molecule has 1 heterocycles. The SMILES string of the molecule is Clc1ccc(CO[C@@H](C[n+]2ccn(CCc3ccccc3)c2)c2ccc(Cl)cc2Cl)c(Cl)c1. The Labute approximate surface area is 214 Å². The number of nitrogens with zero attached hydrogens (tertiary/aromatic N) is 2. The molecular weight excluding hydrogens is 498 g/mol. The Kier molecular flexibility index (Phi) is 8.34. The van der Waals surface area contributed by atoms with Crippen LogP contribution in [-0.2, 0) is 30.9 Å². The minimum atomic E-state index is -0.295. The van der Waals surface area contributed by atoms with E-state index in [9.17, 15) is 0 Å². The second kappa shape index (κ2) is 11.4. The molecule has 7 heteroatoms. The van der Waals surface area contributed by atoms with Crippen molar-refractivity contribution in [2.75, 3.05) is 0 Å². The number of aromatic nitrogens is 2. The van der Waals surface area contributed by atoms with Gasteiger partial charge in [0.05, 0.1) is 13.2 Å². The van der Waals surface area contributed by atoms with Gasteiger partial charge in [0.1, 0.15) is 25.0 Å². The molecule has 33 heavy (non-hydrogen) atoms. The maximum atomic E-state index is 6.52. The summed E-state index contributed by atoms with van der Waals surface area (Å²) < 4.78 is 10.6. The second-order valence-electron chi connectivity index (χ2n) is 7.79. The van der Waals surface area contributed by atoms with Crippen LogP contribution in [0.15, 0.2) is 85.5 Å². The Morgan fingerprint density at radius 3 is 2.30 bits per heavy atom. The molecule has 0 spiro atoms. The summed E-state index contributed by atoms with van der Waals surface area (Å²) in [5.74, 6) is 0. The van der Waals surface area contributed by atoms with Gasteiger partial charge in [0.15, 0.2) is 0 Å². The van der Waals surface area contributed by atoms with Crippen LogP contribution in [0.5, 0.6) is 0 Å². The van der Waals surface area contributed by atoms with Gasteiger partial charge in [-0.15, -0.1) is 0 Å². The molecule has 0 radical (unpaired) electrons. The Morgan fingerprint density at radius 2 is 1.58 bits per heavy atom. The van der Waals surface area contributed by atoms with Crippen LogP contribution < -0.4 is 4.57 Å². The van der Waals surface area contributed by atoms with E-state index in [4.69, 9.17) is 51.1 Å². The zero-order valence-corrected chi connectivity index (χ0v) is 20.8. The van der Waals surface area contributed by atoms with Gasteiger partial charge >= 0.3 is 0 Å². The van der Waals surface area contributed by atoms with Crippen LogP contribution in [0.2, 0.25) is 20.1 Å². The number of ether oxygens (including phenoxy) is 1. The van der Waals surface area contributed by atoms with Crippen molar-refractivity contribution >= 4 is 46.4 Å². The van der Waals surface area contributed by atoms with E-state index in [1.807, 2.05) is 30.5 Å². The van der Waals surface area contributed by atoms with Gasteiger partial charge in [-0.3, -0.25) is 0 Å². The summed E-state index contributed by atoms with van der Waals surface area (Å²) in [4.78, 5) is 0. The largest absolute Gasteiger partial charge is 0.365 e. The third-order valence-corrected chi connectivity index (χ3v) is 6.54. The molecular formula is C26H23Cl4N2O+. The predicted octanol–water partition coefficient (Wildman–Crippen LogP) is 7.59. The zero-order valence-electron chi connectivity index (χ0n) is 17.8. The van der Waals surface area contributed by atoms with E-state index >= 15 is 0 Å². The number of aryl methyl sites for hydroxylation is 2. The van der Waals surface area contributed by atoms with Crippen LogP contribution >= 0.6 is 46.4 Å². The molecule has 4 aromatic rings. The number of benzene rings is 3. The first kappa shape index (κ1) is 24.1. The van der Waals surface area contributed by atoms with Crippen LogP contribution in [0.25, 0.3) is 0 Å². The van der Waals surface area contributed by atoms with E-state index in [0.29, 0.717) is 33.2 Å². The van der Waals surface area contributed by atoms with Crippen molar-refractivity contribution in [1.29, 1.82) is 0 Å². The smallest absolute Gasteiger partial charge is 0.243 e. The predicted molar refractivity (Wildman–Crippen MR) is 135 cm³/mol. The number of halogens is 4. The van der Waals surface area contributed by atoms with Crippen molar-refractivity contribution in [1.82, 2.24) is 4.57 Å². The van der Waals surface area contributed by atoms with E-state index in [1.165, 1.54) is 5.56 Å². The average molecular weight is 521 g/mol. The molecule has 3 nitrogen and oxygen atoms in total. The summed E-state index contributed by atoms with van der Waals surface area (Å²) >= 11 is 25.0. The van der Waals surface area contributed by atoms with Gasteiger partial charge in [-0.25, -0.2) is 9.13 Å². The standard InChI is InChI=1S/C26H23Cl4N2O/c27-21-7-6-20(24(29)14-21)17-33-26(23-9-8-22(28)15-25(23)30)16-32-13-12-31(18-32)11-10-19-4-2-1-3-5-19/h1-9,12-15,18,26H,10-11,16-17H2/q+1/t26-/m0/s1. The molecule has 0 saturated carbocycles. The van der Waals surface area contributed by atoms with Crippen molar-refractivity contribution in [2.24, 2.45) is 0 Å². The first-order chi connectivity index (χ1) is 16.0. The third kappa shape index (κ3) is 6.75. The molecule has 0 aliphatic heterocycles. The van der Waals surface area contributed by atoms with Crippen molar-refractivity contribution in [3.63, 3.8) is 0 Å². The maximum Gasteiger partial charge on any atom is 0.243 e. The molecule has 0 bridgehead atoms. The molecule has 0 amide bonds. The molecule has 4 rings (SSSR count). The lowest BCUT2D eigenvalue weighted by Crippen LogP contribution is -2.35. The molecule has 1 aromatic heterocycles. The van der Waals surface area contributed by atoms with E-state index in [0.717, 1.165) is 24.1 Å². The van der Waals surface area contributed by atoms with Gasteiger partial charge in [-0.2, -0.15) is 0 Å². The number of hydrogen-bond donors (Lipinski definition) is 0. The Bertz CT molecular complexity index is 1210. The fourth-order valence-electron chi connectivity index (χ4n) is 3.61. The third-order valence-electron chi connectivity index (χ3n) is 5.39. The van der Waals surface area contributed by atoms with Gasteiger partial charge in [0, 0.05) is 32.1 Å². The fraction of sp³-hybridized carbons (Fsp3) is 0.192. The summed E-state index contributed by atoms with van der Waals surface area (Å²) in [6.07, 6.45) is 6.86. The van der Waals surface area contributed by atoms with Crippen molar-refractivity contribution in [3.8, 4) is 0 Å². The van der Waals surface area contributed by atoms with Crippen LogP contribution in [-0.4, -0.2) is 4.57 Å². The van der Waals surface area contributed by atoms with Gasteiger partial charge in [-0.05, 0) is 35.4 Å². The summed E-state index contributed by atoms with van der Waals surface area (Å²) in [6.45, 7) is 1.81. The minimum absolute atomic E-state index is 0.295. The van der Waals surface area contributed by atoms with E-state index < -0.39 is 0 Å². The highest BCUT2D eigenvalue weighted by atomic mass is 35.5. The average Bonchev–Trinajstić information content (AvgIpc) is 3.24. The molecule has 3 aromatic carbocycles. The van der Waals surface area contributed by atoms with E-state index in [1.54, 1.807) is 18.2 Å². The Morgan fingerprint density at radius 1 is 0.848 bits per heavy atom. The molecule has 1 atom stereocenters. The monoisotopic (exact) mass is 519 g/mol. The second-order valence-corrected chi connectivity index (χ2v) is 9.47. The molecule has 0 unspecified atom stereocenters. The normalized spacial score (nSPS) is 12.1. The molecule has 0 N–H and O–H groups in total. The lowest BCUT2D eigenvalue weighted by molar-refractivity contribution is -0.704. The summed E-state index contributed by atoms with van der Waals surface area (Å²) in [5, 5.41) is 2.32. The zero-order chi connectivity index (χ0) is 23.2. The molecule has 170 valence electrons. The lowest BCUT2D eigenvalue weighted by atomic mass is 10.1. The van der Waals surface area contributed by atoms with Gasteiger partial charge < -0.3 is 4.74 Å². The quantitative estimate of drug-likeness (QED) is 0.208. The number of hydrogen-bond acceptors (Lipinski definition) is 1. The van der Waals surface area contributed by atoms with Crippen LogP contribution in [0.4, 0.5) is 0 Å². The minimum Gasteiger partial charge on any atom is -0.365 e. The van der Waals surface area contributed by atoms with Crippen LogP contribution in [0.3, 0.4) is 0 Å². The molecule has 0 fully saturated rings. The first-order valence-corrected chi connectivity index (χ1v) is 12.1. The Hall–Kier alpha value is -2.01. The highest BCUT2D eigenvalue weighted by Crippen LogP contribution is 2.30. The molecule has 0 saturated heterocycles. The molecule has 0 aliphatic rings. The van der Waals surface area contributed by atoms with Crippen molar-refractivity contribution in [3.05, 3.63) is 122 Å². The van der Waals surface area contributed by atoms with Gasteiger partial charge in [-0.1, -0.05) is 88.9 Å². The van der Waals surface area contributed by atoms with E-state index in [2.05, 4.69) is 45.9 Å². The Balaban J connectivity index is 1.49. The fourth-order valence-corrected chi connectivity index (χ4v) is 4.60. The van der Waals surface area contributed by atoms with Crippen molar-refractivity contribution in [2.45, 2.75) is 32.2 Å². The summed E-state index contributed by atoms with van der Waals surface area (Å²) in [5.41, 5.74) is 3.05. The number of imidazole rings is 1. The van der Waals surface area contributed by atoms with Crippen LogP contribution in [0.1, 0.15) is 22.8 Å². The lowest BCUT2D eigenvalue weighted by Gasteiger charge is -2.19. The van der Waals surface area contributed by atoms with Crippen LogP contribution in [0, 0.1) is 0 Å². The topological polar surface area (TPSA) is 18.0 Å². The first-order valence-electron chi connectivity index (χ1n) is 10.6. The summed E-state index contributed by atoms with van der Waals surface area (Å²) in [6, 6.07) is 21.3.